The number of rotatable bonds is 2. The Kier molecular flexibility index (Phi) is 3.92. The Hall–Kier alpha value is -1.72. The molecule has 0 radical (unpaired) electrons. The molecule has 1 atom stereocenters. The molecule has 0 saturated carbocycles. The summed E-state index contributed by atoms with van der Waals surface area (Å²) in [6.45, 7) is 0. The summed E-state index contributed by atoms with van der Waals surface area (Å²) in [6.07, 6.45) is -6.04. The Morgan fingerprint density at radius 2 is 1.70 bits per heavy atom. The van der Waals surface area contributed by atoms with Crippen LogP contribution in [0.15, 0.2) is 42.5 Å². The normalized spacial score (nSPS) is 13.2. The van der Waals surface area contributed by atoms with E-state index in [4.69, 9.17) is 17.3 Å². The van der Waals surface area contributed by atoms with Gasteiger partial charge in [-0.1, -0.05) is 29.8 Å². The molecule has 2 aromatic rings. The molecule has 20 heavy (non-hydrogen) atoms. The topological polar surface area (TPSA) is 46.2 Å². The van der Waals surface area contributed by atoms with Crippen LogP contribution < -0.4 is 5.73 Å². The predicted octanol–water partition coefficient (Wildman–Crippen LogP) is 4.02. The zero-order chi connectivity index (χ0) is 14.9. The lowest BCUT2D eigenvalue weighted by atomic mass is 9.95. The number of nitrogen functional groups attached to an aromatic ring is 1. The number of aliphatic hydroxyl groups is 1. The third-order valence-corrected chi connectivity index (χ3v) is 3.14. The van der Waals surface area contributed by atoms with E-state index in [-0.39, 0.29) is 21.8 Å². The standard InChI is InChI=1S/C14H11ClF3NO/c15-8-5-6-12(19)10(7-8)13(20)9-3-1-2-4-11(9)14(16,17)18/h1-7,13,20H,19H2/t13-/m0/s1. The highest BCUT2D eigenvalue weighted by atomic mass is 35.5. The van der Waals surface area contributed by atoms with Crippen LogP contribution in [-0.4, -0.2) is 5.11 Å². The molecule has 0 aliphatic heterocycles. The summed E-state index contributed by atoms with van der Waals surface area (Å²) in [5.74, 6) is 0. The molecule has 2 nitrogen and oxygen atoms in total. The molecule has 0 saturated heterocycles. The van der Waals surface area contributed by atoms with Crippen molar-refractivity contribution < 1.29 is 18.3 Å². The lowest BCUT2D eigenvalue weighted by Crippen LogP contribution is -2.13. The number of anilines is 1. The molecule has 2 aromatic carbocycles. The molecule has 0 amide bonds. The van der Waals surface area contributed by atoms with E-state index in [1.54, 1.807) is 0 Å². The van der Waals surface area contributed by atoms with E-state index in [1.807, 2.05) is 0 Å². The second-order valence-electron chi connectivity index (χ2n) is 4.26. The fourth-order valence-electron chi connectivity index (χ4n) is 1.94. The number of benzene rings is 2. The summed E-state index contributed by atoms with van der Waals surface area (Å²) < 4.78 is 38.8. The highest BCUT2D eigenvalue weighted by molar-refractivity contribution is 6.30. The first-order valence-electron chi connectivity index (χ1n) is 5.70. The zero-order valence-electron chi connectivity index (χ0n) is 10.2. The molecular formula is C14H11ClF3NO. The fourth-order valence-corrected chi connectivity index (χ4v) is 2.12. The van der Waals surface area contributed by atoms with Crippen LogP contribution in [0.2, 0.25) is 5.02 Å². The van der Waals surface area contributed by atoms with Crippen molar-refractivity contribution in [3.63, 3.8) is 0 Å². The Labute approximate surface area is 118 Å². The minimum absolute atomic E-state index is 0.147. The lowest BCUT2D eigenvalue weighted by molar-refractivity contribution is -0.139. The Morgan fingerprint density at radius 1 is 1.05 bits per heavy atom. The van der Waals surface area contributed by atoms with Gasteiger partial charge in [-0.25, -0.2) is 0 Å². The third kappa shape index (κ3) is 2.89. The van der Waals surface area contributed by atoms with E-state index in [0.717, 1.165) is 6.07 Å². The summed E-state index contributed by atoms with van der Waals surface area (Å²) in [5, 5.41) is 10.5. The number of hydrogen-bond acceptors (Lipinski definition) is 2. The monoisotopic (exact) mass is 301 g/mol. The maximum atomic E-state index is 12.9. The van der Waals surface area contributed by atoms with Crippen molar-refractivity contribution in [2.24, 2.45) is 0 Å². The maximum absolute atomic E-state index is 12.9. The lowest BCUT2D eigenvalue weighted by Gasteiger charge is -2.19. The van der Waals surface area contributed by atoms with E-state index < -0.39 is 17.8 Å². The van der Waals surface area contributed by atoms with Crippen LogP contribution in [0.1, 0.15) is 22.8 Å². The van der Waals surface area contributed by atoms with Gasteiger partial charge in [0, 0.05) is 16.3 Å². The summed E-state index contributed by atoms with van der Waals surface area (Å²) in [4.78, 5) is 0. The summed E-state index contributed by atoms with van der Waals surface area (Å²) in [7, 11) is 0. The van der Waals surface area contributed by atoms with E-state index in [9.17, 15) is 18.3 Å². The summed E-state index contributed by atoms with van der Waals surface area (Å²) >= 11 is 5.79. The van der Waals surface area contributed by atoms with Crippen LogP contribution in [0, 0.1) is 0 Å². The van der Waals surface area contributed by atoms with Crippen LogP contribution in [-0.2, 0) is 6.18 Å². The Balaban J connectivity index is 2.54. The average Bonchev–Trinajstić information content (AvgIpc) is 2.40. The number of hydrogen-bond donors (Lipinski definition) is 2. The SMILES string of the molecule is Nc1ccc(Cl)cc1[C@@H](O)c1ccccc1C(F)(F)F. The average molecular weight is 302 g/mol. The number of halogens is 4. The molecule has 0 spiro atoms. The van der Waals surface area contributed by atoms with Crippen molar-refractivity contribution in [2.45, 2.75) is 12.3 Å². The van der Waals surface area contributed by atoms with Crippen molar-refractivity contribution in [3.05, 3.63) is 64.2 Å². The number of nitrogens with two attached hydrogens (primary N) is 1. The van der Waals surface area contributed by atoms with Crippen LogP contribution >= 0.6 is 11.6 Å². The highest BCUT2D eigenvalue weighted by Crippen LogP contribution is 2.38. The molecule has 0 aliphatic rings. The Morgan fingerprint density at radius 3 is 2.35 bits per heavy atom. The molecule has 0 bridgehead atoms. The first-order chi connectivity index (χ1) is 9.30. The molecule has 0 unspecified atom stereocenters. The van der Waals surface area contributed by atoms with Crippen molar-refractivity contribution in [3.8, 4) is 0 Å². The van der Waals surface area contributed by atoms with Crippen LogP contribution in [0.4, 0.5) is 18.9 Å². The molecule has 0 aliphatic carbocycles. The predicted molar refractivity (Wildman–Crippen MR) is 71.4 cm³/mol. The van der Waals surface area contributed by atoms with Gasteiger partial charge in [0.2, 0.25) is 0 Å². The third-order valence-electron chi connectivity index (χ3n) is 2.90. The molecule has 0 heterocycles. The van der Waals surface area contributed by atoms with E-state index in [1.165, 1.54) is 36.4 Å². The number of aliphatic hydroxyl groups excluding tert-OH is 1. The van der Waals surface area contributed by atoms with Crippen LogP contribution in [0.25, 0.3) is 0 Å². The van der Waals surface area contributed by atoms with Gasteiger partial charge in [0.05, 0.1) is 5.56 Å². The van der Waals surface area contributed by atoms with Gasteiger partial charge in [-0.2, -0.15) is 13.2 Å². The molecule has 106 valence electrons. The molecule has 0 aromatic heterocycles. The molecule has 3 N–H and O–H groups in total. The van der Waals surface area contributed by atoms with Gasteiger partial charge in [0.15, 0.2) is 0 Å². The van der Waals surface area contributed by atoms with Crippen molar-refractivity contribution in [1.82, 2.24) is 0 Å². The van der Waals surface area contributed by atoms with Crippen LogP contribution in [0.3, 0.4) is 0 Å². The van der Waals surface area contributed by atoms with Gasteiger partial charge in [0.1, 0.15) is 6.10 Å². The van der Waals surface area contributed by atoms with Gasteiger partial charge in [-0.05, 0) is 29.8 Å². The molecular weight excluding hydrogens is 291 g/mol. The van der Waals surface area contributed by atoms with Gasteiger partial charge in [0.25, 0.3) is 0 Å². The largest absolute Gasteiger partial charge is 0.416 e. The molecule has 6 heteroatoms. The maximum Gasteiger partial charge on any atom is 0.416 e. The Bertz CT molecular complexity index is 628. The van der Waals surface area contributed by atoms with Crippen molar-refractivity contribution >= 4 is 17.3 Å². The van der Waals surface area contributed by atoms with Crippen molar-refractivity contribution in [2.75, 3.05) is 5.73 Å². The first-order valence-corrected chi connectivity index (χ1v) is 6.07. The van der Waals surface area contributed by atoms with Gasteiger partial charge >= 0.3 is 6.18 Å². The minimum atomic E-state index is -4.55. The zero-order valence-corrected chi connectivity index (χ0v) is 10.9. The van der Waals surface area contributed by atoms with Crippen LogP contribution in [0.5, 0.6) is 0 Å². The minimum Gasteiger partial charge on any atom is -0.398 e. The van der Waals surface area contributed by atoms with E-state index >= 15 is 0 Å². The second-order valence-corrected chi connectivity index (χ2v) is 4.70. The quantitative estimate of drug-likeness (QED) is 0.823. The summed E-state index contributed by atoms with van der Waals surface area (Å²) in [6, 6.07) is 9.12. The molecule has 2 rings (SSSR count). The first kappa shape index (κ1) is 14.7. The van der Waals surface area contributed by atoms with E-state index in [2.05, 4.69) is 0 Å². The van der Waals surface area contributed by atoms with Crippen molar-refractivity contribution in [1.29, 1.82) is 0 Å². The van der Waals surface area contributed by atoms with Gasteiger partial charge in [-0.15, -0.1) is 0 Å². The highest BCUT2D eigenvalue weighted by Gasteiger charge is 2.35. The fraction of sp³-hybridized carbons (Fsp3) is 0.143. The van der Waals surface area contributed by atoms with E-state index in [0.29, 0.717) is 0 Å². The van der Waals surface area contributed by atoms with Gasteiger partial charge in [-0.3, -0.25) is 0 Å². The second kappa shape index (κ2) is 5.34. The molecule has 0 fully saturated rings. The number of alkyl halides is 3. The smallest absolute Gasteiger partial charge is 0.398 e. The summed E-state index contributed by atoms with van der Waals surface area (Å²) in [5.41, 5.74) is 4.86. The van der Waals surface area contributed by atoms with Gasteiger partial charge < -0.3 is 10.8 Å².